The molecule has 0 saturated carbocycles. The fourth-order valence-corrected chi connectivity index (χ4v) is 3.82. The van der Waals surface area contributed by atoms with Gasteiger partial charge >= 0.3 is 0 Å². The Kier molecular flexibility index (Phi) is 4.02. The molecule has 1 aromatic heterocycles. The maximum Gasteiger partial charge on any atom is 0.286 e. The molecule has 1 amide bonds. The minimum Gasteiger partial charge on any atom is -0.457 e. The third kappa shape index (κ3) is 3.04. The molecule has 4 rings (SSSR count). The van der Waals surface area contributed by atoms with Crippen LogP contribution in [-0.4, -0.2) is 29.1 Å². The molecular formula is C19H18N2O2S. The number of furan rings is 1. The standard InChI is InChI=1S/C19H18N2O2S/c1-13-4-6-14(7-5-13)16-9-8-15(23-16)12-17-18(22)20-19(24-17)21-10-2-3-11-21/h4-9,12H,2-3,10-11H2,1H3. The molecule has 0 unspecified atom stereocenters. The van der Waals surface area contributed by atoms with Crippen LogP contribution in [0.4, 0.5) is 0 Å². The van der Waals surface area contributed by atoms with Crippen molar-refractivity contribution in [1.29, 1.82) is 0 Å². The number of amides is 1. The van der Waals surface area contributed by atoms with Crippen molar-refractivity contribution in [1.82, 2.24) is 4.90 Å². The Morgan fingerprint density at radius 2 is 1.88 bits per heavy atom. The number of benzene rings is 1. The summed E-state index contributed by atoms with van der Waals surface area (Å²) in [5.74, 6) is 1.31. The van der Waals surface area contributed by atoms with Crippen LogP contribution in [0.5, 0.6) is 0 Å². The lowest BCUT2D eigenvalue weighted by atomic mass is 10.1. The highest BCUT2D eigenvalue weighted by Gasteiger charge is 2.27. The third-order valence-electron chi connectivity index (χ3n) is 4.22. The van der Waals surface area contributed by atoms with Gasteiger partial charge in [-0.25, -0.2) is 0 Å². The molecule has 122 valence electrons. The van der Waals surface area contributed by atoms with Crippen molar-refractivity contribution in [3.63, 3.8) is 0 Å². The Morgan fingerprint density at radius 1 is 1.12 bits per heavy atom. The molecular weight excluding hydrogens is 320 g/mol. The van der Waals surface area contributed by atoms with Gasteiger partial charge in [-0.1, -0.05) is 29.8 Å². The Bertz CT molecular complexity index is 827. The van der Waals surface area contributed by atoms with Gasteiger partial charge in [0.15, 0.2) is 5.17 Å². The molecule has 1 fully saturated rings. The van der Waals surface area contributed by atoms with Crippen LogP contribution in [0.3, 0.4) is 0 Å². The van der Waals surface area contributed by atoms with Gasteiger partial charge < -0.3 is 9.32 Å². The number of nitrogens with zero attached hydrogens (tertiary/aromatic N) is 2. The van der Waals surface area contributed by atoms with Gasteiger partial charge in [-0.15, -0.1) is 0 Å². The van der Waals surface area contributed by atoms with Crippen LogP contribution in [0.2, 0.25) is 0 Å². The first-order chi connectivity index (χ1) is 11.7. The van der Waals surface area contributed by atoms with E-state index in [1.54, 1.807) is 6.08 Å². The second-order valence-electron chi connectivity index (χ2n) is 6.07. The number of aliphatic imine (C=N–C) groups is 1. The Labute approximate surface area is 145 Å². The summed E-state index contributed by atoms with van der Waals surface area (Å²) in [7, 11) is 0. The number of amidine groups is 1. The summed E-state index contributed by atoms with van der Waals surface area (Å²) in [6, 6.07) is 12.0. The van der Waals surface area contributed by atoms with Crippen molar-refractivity contribution in [2.45, 2.75) is 19.8 Å². The Hall–Kier alpha value is -2.27. The molecule has 2 aliphatic rings. The quantitative estimate of drug-likeness (QED) is 0.765. The normalized spacial score (nSPS) is 19.4. The summed E-state index contributed by atoms with van der Waals surface area (Å²) >= 11 is 1.45. The molecule has 1 saturated heterocycles. The van der Waals surface area contributed by atoms with Gasteiger partial charge in [-0.3, -0.25) is 4.79 Å². The molecule has 24 heavy (non-hydrogen) atoms. The summed E-state index contributed by atoms with van der Waals surface area (Å²) in [5, 5.41) is 0.828. The molecule has 1 aromatic carbocycles. The van der Waals surface area contributed by atoms with Crippen molar-refractivity contribution in [2.24, 2.45) is 4.99 Å². The van der Waals surface area contributed by atoms with Gasteiger partial charge in [0.2, 0.25) is 0 Å². The zero-order valence-electron chi connectivity index (χ0n) is 13.5. The second-order valence-corrected chi connectivity index (χ2v) is 7.08. The average Bonchev–Trinajstić information content (AvgIpc) is 3.31. The number of likely N-dealkylation sites (tertiary alicyclic amines) is 1. The van der Waals surface area contributed by atoms with E-state index in [0.29, 0.717) is 10.7 Å². The summed E-state index contributed by atoms with van der Waals surface area (Å²) in [4.78, 5) is 19.1. The first-order valence-electron chi connectivity index (χ1n) is 8.13. The fraction of sp³-hybridized carbons (Fsp3) is 0.263. The van der Waals surface area contributed by atoms with E-state index in [4.69, 9.17) is 4.42 Å². The molecule has 0 aliphatic carbocycles. The zero-order chi connectivity index (χ0) is 16.5. The van der Waals surface area contributed by atoms with E-state index in [1.807, 2.05) is 24.3 Å². The molecule has 0 N–H and O–H groups in total. The van der Waals surface area contributed by atoms with Crippen molar-refractivity contribution in [3.05, 3.63) is 52.6 Å². The van der Waals surface area contributed by atoms with Crippen LogP contribution in [-0.2, 0) is 4.79 Å². The predicted octanol–water partition coefficient (Wildman–Crippen LogP) is 4.32. The van der Waals surface area contributed by atoms with E-state index >= 15 is 0 Å². The average molecular weight is 338 g/mol. The number of carbonyl (C=O) groups is 1. The lowest BCUT2D eigenvalue weighted by Crippen LogP contribution is -2.23. The molecule has 4 nitrogen and oxygen atoms in total. The van der Waals surface area contributed by atoms with Gasteiger partial charge in [0.05, 0.1) is 4.91 Å². The van der Waals surface area contributed by atoms with Gasteiger partial charge in [-0.05, 0) is 43.7 Å². The molecule has 3 heterocycles. The van der Waals surface area contributed by atoms with Crippen LogP contribution in [0.1, 0.15) is 24.2 Å². The molecule has 0 spiro atoms. The van der Waals surface area contributed by atoms with E-state index in [-0.39, 0.29) is 5.91 Å². The lowest BCUT2D eigenvalue weighted by molar-refractivity contribution is -0.113. The minimum atomic E-state index is -0.171. The number of hydrogen-bond acceptors (Lipinski definition) is 4. The topological polar surface area (TPSA) is 45.8 Å². The van der Waals surface area contributed by atoms with Crippen LogP contribution >= 0.6 is 11.8 Å². The zero-order valence-corrected chi connectivity index (χ0v) is 14.3. The molecule has 0 bridgehead atoms. The highest BCUT2D eigenvalue weighted by molar-refractivity contribution is 8.18. The third-order valence-corrected chi connectivity index (χ3v) is 5.27. The summed E-state index contributed by atoms with van der Waals surface area (Å²) in [5.41, 5.74) is 2.25. The maximum atomic E-state index is 12.1. The van der Waals surface area contributed by atoms with E-state index in [0.717, 1.165) is 29.6 Å². The van der Waals surface area contributed by atoms with E-state index in [9.17, 15) is 4.79 Å². The SMILES string of the molecule is Cc1ccc(-c2ccc(C=C3SC(N4CCCC4)=NC3=O)o2)cc1. The molecule has 0 atom stereocenters. The Morgan fingerprint density at radius 3 is 2.62 bits per heavy atom. The smallest absolute Gasteiger partial charge is 0.286 e. The monoisotopic (exact) mass is 338 g/mol. The number of rotatable bonds is 2. The van der Waals surface area contributed by atoms with E-state index < -0.39 is 0 Å². The van der Waals surface area contributed by atoms with E-state index in [2.05, 4.69) is 28.9 Å². The van der Waals surface area contributed by atoms with Crippen LogP contribution in [0, 0.1) is 6.92 Å². The first-order valence-corrected chi connectivity index (χ1v) is 8.95. The fourth-order valence-electron chi connectivity index (χ4n) is 2.87. The molecule has 5 heteroatoms. The van der Waals surface area contributed by atoms with Crippen LogP contribution < -0.4 is 0 Å². The van der Waals surface area contributed by atoms with Crippen molar-refractivity contribution in [2.75, 3.05) is 13.1 Å². The largest absolute Gasteiger partial charge is 0.457 e. The number of carbonyl (C=O) groups excluding carboxylic acids is 1. The predicted molar refractivity (Wildman–Crippen MR) is 97.7 cm³/mol. The van der Waals surface area contributed by atoms with Gasteiger partial charge in [-0.2, -0.15) is 4.99 Å². The highest BCUT2D eigenvalue weighted by atomic mass is 32.2. The van der Waals surface area contributed by atoms with Crippen molar-refractivity contribution >= 4 is 28.9 Å². The number of thioether (sulfide) groups is 1. The van der Waals surface area contributed by atoms with Gasteiger partial charge in [0, 0.05) is 24.7 Å². The summed E-state index contributed by atoms with van der Waals surface area (Å²) in [6.45, 7) is 4.04. The second kappa shape index (κ2) is 6.32. The first kappa shape index (κ1) is 15.3. The molecule has 0 radical (unpaired) electrons. The Balaban J connectivity index is 1.52. The van der Waals surface area contributed by atoms with Crippen LogP contribution in [0.15, 0.2) is 50.7 Å². The minimum absolute atomic E-state index is 0.171. The maximum absolute atomic E-state index is 12.1. The molecule has 2 aliphatic heterocycles. The number of aryl methyl sites for hydroxylation is 1. The van der Waals surface area contributed by atoms with Gasteiger partial charge in [0.1, 0.15) is 11.5 Å². The number of hydrogen-bond donors (Lipinski definition) is 0. The van der Waals surface area contributed by atoms with Crippen molar-refractivity contribution < 1.29 is 9.21 Å². The highest BCUT2D eigenvalue weighted by Crippen LogP contribution is 2.32. The van der Waals surface area contributed by atoms with Crippen LogP contribution in [0.25, 0.3) is 17.4 Å². The summed E-state index contributed by atoms with van der Waals surface area (Å²) < 4.78 is 5.87. The van der Waals surface area contributed by atoms with Gasteiger partial charge in [0.25, 0.3) is 5.91 Å². The summed E-state index contributed by atoms with van der Waals surface area (Å²) in [6.07, 6.45) is 4.13. The molecule has 2 aromatic rings. The van der Waals surface area contributed by atoms with E-state index in [1.165, 1.54) is 30.2 Å². The lowest BCUT2D eigenvalue weighted by Gasteiger charge is -2.14. The van der Waals surface area contributed by atoms with Crippen molar-refractivity contribution in [3.8, 4) is 11.3 Å².